The summed E-state index contributed by atoms with van der Waals surface area (Å²) in [5.41, 5.74) is 1.58. The van der Waals surface area contributed by atoms with Crippen molar-refractivity contribution in [2.24, 2.45) is 0 Å². The zero-order valence-corrected chi connectivity index (χ0v) is 10.4. The van der Waals surface area contributed by atoms with Crippen LogP contribution in [0.4, 0.5) is 4.39 Å². The fourth-order valence-electron chi connectivity index (χ4n) is 1.94. The first-order chi connectivity index (χ1) is 8.74. The molecule has 0 radical (unpaired) electrons. The van der Waals surface area contributed by atoms with Gasteiger partial charge in [0.1, 0.15) is 6.17 Å². The topological polar surface area (TPSA) is 33.2 Å². The number of aromatic nitrogens is 1. The quantitative estimate of drug-likeness (QED) is 0.833. The zero-order chi connectivity index (χ0) is 12.5. The summed E-state index contributed by atoms with van der Waals surface area (Å²) >= 11 is 1.39. The van der Waals surface area contributed by atoms with Crippen molar-refractivity contribution in [2.75, 3.05) is 13.1 Å². The average Bonchev–Trinajstić information content (AvgIpc) is 2.88. The Morgan fingerprint density at radius 3 is 2.89 bits per heavy atom. The van der Waals surface area contributed by atoms with Crippen LogP contribution in [-0.4, -0.2) is 34.4 Å². The van der Waals surface area contributed by atoms with Gasteiger partial charge in [-0.2, -0.15) is 0 Å². The highest BCUT2D eigenvalue weighted by Crippen LogP contribution is 2.25. The molecule has 2 heterocycles. The average molecular weight is 262 g/mol. The molecule has 1 aromatic carbocycles. The Hall–Kier alpha value is -1.75. The molecule has 0 aliphatic carbocycles. The Kier molecular flexibility index (Phi) is 2.83. The minimum absolute atomic E-state index is 0.102. The highest BCUT2D eigenvalue weighted by Gasteiger charge is 2.30. The summed E-state index contributed by atoms with van der Waals surface area (Å²) < 4.78 is 16.8. The fraction of sp³-hybridized carbons (Fsp3) is 0.231. The summed E-state index contributed by atoms with van der Waals surface area (Å²) in [6, 6.07) is 9.29. The second-order valence-corrected chi connectivity index (χ2v) is 5.10. The van der Waals surface area contributed by atoms with Crippen LogP contribution in [0.1, 0.15) is 10.4 Å². The van der Waals surface area contributed by atoms with Crippen molar-refractivity contribution < 1.29 is 9.18 Å². The second-order valence-electron chi connectivity index (χ2n) is 4.26. The lowest BCUT2D eigenvalue weighted by atomic mass is 10.1. The first-order valence-corrected chi connectivity index (χ1v) is 6.46. The predicted molar refractivity (Wildman–Crippen MR) is 68.3 cm³/mol. The Morgan fingerprint density at radius 1 is 1.39 bits per heavy atom. The molecule has 1 amide bonds. The Morgan fingerprint density at radius 2 is 2.22 bits per heavy atom. The lowest BCUT2D eigenvalue weighted by Crippen LogP contribution is -2.51. The van der Waals surface area contributed by atoms with Crippen LogP contribution in [0, 0.1) is 0 Å². The molecule has 3 nitrogen and oxygen atoms in total. The number of rotatable bonds is 2. The minimum Gasteiger partial charge on any atom is -0.333 e. The summed E-state index contributed by atoms with van der Waals surface area (Å²) in [5.74, 6) is -0.102. The molecule has 0 N–H and O–H groups in total. The van der Waals surface area contributed by atoms with Crippen LogP contribution >= 0.6 is 11.5 Å². The number of nitrogens with zero attached hydrogens (tertiary/aromatic N) is 2. The van der Waals surface area contributed by atoms with Crippen molar-refractivity contribution >= 4 is 17.4 Å². The minimum atomic E-state index is -0.862. The van der Waals surface area contributed by atoms with Crippen LogP contribution in [0.5, 0.6) is 0 Å². The van der Waals surface area contributed by atoms with Crippen LogP contribution in [0.2, 0.25) is 0 Å². The van der Waals surface area contributed by atoms with Crippen LogP contribution < -0.4 is 0 Å². The summed E-state index contributed by atoms with van der Waals surface area (Å²) in [7, 11) is 0. The molecule has 3 rings (SSSR count). The third-order valence-corrected chi connectivity index (χ3v) is 3.75. The molecular formula is C13H11FN2OS. The number of carbonyl (C=O) groups is 1. The van der Waals surface area contributed by atoms with Gasteiger partial charge in [0.25, 0.3) is 5.91 Å². The predicted octanol–water partition coefficient (Wildman–Crippen LogP) is 2.60. The van der Waals surface area contributed by atoms with E-state index in [-0.39, 0.29) is 19.0 Å². The monoisotopic (exact) mass is 262 g/mol. The Bertz CT molecular complexity index is 564. The number of likely N-dealkylation sites (tertiary alicyclic amines) is 1. The SMILES string of the molecule is O=C(c1cccc(-c2ccns2)c1)N1CC(F)C1. The maximum absolute atomic E-state index is 12.7. The lowest BCUT2D eigenvalue weighted by Gasteiger charge is -2.34. The van der Waals surface area contributed by atoms with Gasteiger partial charge in [-0.3, -0.25) is 4.79 Å². The highest BCUT2D eigenvalue weighted by atomic mass is 32.1. The highest BCUT2D eigenvalue weighted by molar-refractivity contribution is 7.09. The standard InChI is InChI=1S/C13H11FN2OS/c14-11-7-16(8-11)13(17)10-3-1-2-9(6-10)12-4-5-15-18-12/h1-6,11H,7-8H2. The number of hydrogen-bond donors (Lipinski definition) is 0. The van der Waals surface area contributed by atoms with Crippen LogP contribution in [0.15, 0.2) is 36.5 Å². The molecule has 5 heteroatoms. The van der Waals surface area contributed by atoms with Gasteiger partial charge in [-0.25, -0.2) is 8.76 Å². The molecule has 1 aliphatic heterocycles. The van der Waals surface area contributed by atoms with E-state index >= 15 is 0 Å². The molecule has 0 unspecified atom stereocenters. The second kappa shape index (κ2) is 4.49. The number of halogens is 1. The van der Waals surface area contributed by atoms with Crippen LogP contribution in [0.25, 0.3) is 10.4 Å². The van der Waals surface area contributed by atoms with Gasteiger partial charge >= 0.3 is 0 Å². The molecule has 1 aliphatic rings. The van der Waals surface area contributed by atoms with E-state index in [9.17, 15) is 9.18 Å². The van der Waals surface area contributed by atoms with Crippen LogP contribution in [0.3, 0.4) is 0 Å². The fourth-order valence-corrected chi connectivity index (χ4v) is 2.53. The third kappa shape index (κ3) is 2.01. The Balaban J connectivity index is 1.85. The third-order valence-electron chi connectivity index (χ3n) is 2.96. The molecule has 0 spiro atoms. The van der Waals surface area contributed by atoms with E-state index in [1.54, 1.807) is 12.3 Å². The number of carbonyl (C=O) groups excluding carboxylic acids is 1. The van der Waals surface area contributed by atoms with Gasteiger partial charge in [-0.1, -0.05) is 12.1 Å². The van der Waals surface area contributed by atoms with E-state index in [4.69, 9.17) is 0 Å². The molecule has 1 aromatic heterocycles. The zero-order valence-electron chi connectivity index (χ0n) is 9.54. The summed E-state index contributed by atoms with van der Waals surface area (Å²) in [4.78, 5) is 14.6. The summed E-state index contributed by atoms with van der Waals surface area (Å²) in [6.45, 7) is 0.424. The first-order valence-electron chi connectivity index (χ1n) is 5.68. The van der Waals surface area contributed by atoms with Gasteiger partial charge in [0.2, 0.25) is 0 Å². The van der Waals surface area contributed by atoms with E-state index in [0.29, 0.717) is 5.56 Å². The summed E-state index contributed by atoms with van der Waals surface area (Å²) in [5, 5.41) is 0. The largest absolute Gasteiger partial charge is 0.333 e. The van der Waals surface area contributed by atoms with E-state index in [1.165, 1.54) is 16.4 Å². The molecule has 1 fully saturated rings. The van der Waals surface area contributed by atoms with E-state index in [1.807, 2.05) is 24.3 Å². The van der Waals surface area contributed by atoms with Gasteiger partial charge in [0.15, 0.2) is 0 Å². The van der Waals surface area contributed by atoms with Crippen molar-refractivity contribution in [3.63, 3.8) is 0 Å². The lowest BCUT2D eigenvalue weighted by molar-refractivity contribution is 0.0400. The summed E-state index contributed by atoms with van der Waals surface area (Å²) in [6.07, 6.45) is 0.871. The van der Waals surface area contributed by atoms with Gasteiger partial charge in [0.05, 0.1) is 18.0 Å². The molecule has 0 atom stereocenters. The molecule has 1 saturated heterocycles. The number of alkyl halides is 1. The van der Waals surface area contributed by atoms with Crippen molar-refractivity contribution in [1.82, 2.24) is 9.27 Å². The van der Waals surface area contributed by atoms with E-state index in [0.717, 1.165) is 10.4 Å². The smallest absolute Gasteiger partial charge is 0.254 e. The van der Waals surface area contributed by atoms with Crippen molar-refractivity contribution in [3.05, 3.63) is 42.1 Å². The number of amides is 1. The van der Waals surface area contributed by atoms with Gasteiger partial charge < -0.3 is 4.90 Å². The molecular weight excluding hydrogens is 251 g/mol. The Labute approximate surface area is 108 Å². The van der Waals surface area contributed by atoms with E-state index < -0.39 is 6.17 Å². The molecule has 2 aromatic rings. The number of hydrogen-bond acceptors (Lipinski definition) is 3. The van der Waals surface area contributed by atoms with E-state index in [2.05, 4.69) is 4.37 Å². The molecule has 18 heavy (non-hydrogen) atoms. The first kappa shape index (κ1) is 11.3. The molecule has 0 bridgehead atoms. The van der Waals surface area contributed by atoms with Crippen molar-refractivity contribution in [1.29, 1.82) is 0 Å². The normalized spacial score (nSPS) is 15.5. The maximum atomic E-state index is 12.7. The van der Waals surface area contributed by atoms with Gasteiger partial charge in [0, 0.05) is 11.8 Å². The molecule has 0 saturated carbocycles. The number of benzene rings is 1. The van der Waals surface area contributed by atoms with Crippen molar-refractivity contribution in [2.45, 2.75) is 6.17 Å². The molecule has 92 valence electrons. The van der Waals surface area contributed by atoms with Crippen LogP contribution in [-0.2, 0) is 0 Å². The van der Waals surface area contributed by atoms with Gasteiger partial charge in [-0.15, -0.1) is 0 Å². The maximum Gasteiger partial charge on any atom is 0.254 e. The van der Waals surface area contributed by atoms with Crippen molar-refractivity contribution in [3.8, 4) is 10.4 Å². The van der Waals surface area contributed by atoms with Gasteiger partial charge in [-0.05, 0) is 35.3 Å².